The lowest BCUT2D eigenvalue weighted by molar-refractivity contribution is -0.146. The smallest absolute Gasteiger partial charge is 0.337 e. The summed E-state index contributed by atoms with van der Waals surface area (Å²) in [5.41, 5.74) is 1.24. The highest BCUT2D eigenvalue weighted by molar-refractivity contribution is 6.30. The van der Waals surface area contributed by atoms with Crippen molar-refractivity contribution in [3.05, 3.63) is 65.3 Å². The third kappa shape index (κ3) is 3.03. The van der Waals surface area contributed by atoms with Crippen molar-refractivity contribution < 1.29 is 17.7 Å². The molecule has 0 aliphatic heterocycles. The molecule has 26 heavy (non-hydrogen) atoms. The zero-order valence-corrected chi connectivity index (χ0v) is 13.8. The Hall–Kier alpha value is -2.87. The van der Waals surface area contributed by atoms with Crippen molar-refractivity contribution in [2.75, 3.05) is 0 Å². The Morgan fingerprint density at radius 2 is 1.73 bits per heavy atom. The third-order valence-electron chi connectivity index (χ3n) is 3.77. The molecule has 0 saturated heterocycles. The normalized spacial score (nSPS) is 12.0. The molecule has 0 saturated carbocycles. The molecule has 0 unspecified atom stereocenters. The number of fused-ring (bicyclic) bond motifs is 1. The number of alkyl halides is 3. The van der Waals surface area contributed by atoms with Crippen molar-refractivity contribution in [3.63, 3.8) is 0 Å². The van der Waals surface area contributed by atoms with E-state index in [1.54, 1.807) is 42.5 Å². The minimum atomic E-state index is -4.60. The molecule has 4 rings (SSSR count). The zero-order chi connectivity index (χ0) is 18.3. The number of imidazole rings is 1. The maximum absolute atomic E-state index is 13.3. The molecule has 2 aromatic heterocycles. The molecule has 0 N–H and O–H groups in total. The van der Waals surface area contributed by atoms with Crippen LogP contribution in [0.5, 0.6) is 0 Å². The highest BCUT2D eigenvalue weighted by atomic mass is 35.5. The van der Waals surface area contributed by atoms with E-state index in [4.69, 9.17) is 16.1 Å². The topological polar surface area (TPSA) is 56.7 Å². The van der Waals surface area contributed by atoms with E-state index in [0.717, 1.165) is 4.57 Å². The second-order valence-electron chi connectivity index (χ2n) is 5.53. The minimum absolute atomic E-state index is 0.0450. The Kier molecular flexibility index (Phi) is 3.91. The van der Waals surface area contributed by atoms with Crippen molar-refractivity contribution in [2.45, 2.75) is 12.7 Å². The summed E-state index contributed by atoms with van der Waals surface area (Å²) < 4.78 is 46.2. The van der Waals surface area contributed by atoms with Crippen molar-refractivity contribution in [1.82, 2.24) is 19.7 Å². The molecule has 9 heteroatoms. The molecule has 0 bridgehead atoms. The Morgan fingerprint density at radius 3 is 2.46 bits per heavy atom. The van der Waals surface area contributed by atoms with Crippen LogP contribution >= 0.6 is 11.6 Å². The first kappa shape index (κ1) is 16.6. The Bertz CT molecular complexity index is 1070. The summed E-state index contributed by atoms with van der Waals surface area (Å²) in [5.74, 6) is -0.691. The SMILES string of the molecule is FC(F)(F)c1nc2ccccc2n1Cc1nc(-c2ccc(Cl)cc2)no1. The predicted molar refractivity (Wildman–Crippen MR) is 88.6 cm³/mol. The first-order valence-electron chi connectivity index (χ1n) is 7.53. The van der Waals surface area contributed by atoms with E-state index in [9.17, 15) is 13.2 Å². The van der Waals surface area contributed by atoms with Crippen LogP contribution in [0.4, 0.5) is 13.2 Å². The number of rotatable bonds is 3. The second kappa shape index (κ2) is 6.14. The lowest BCUT2D eigenvalue weighted by Gasteiger charge is -2.08. The number of halogens is 4. The fourth-order valence-corrected chi connectivity index (χ4v) is 2.75. The summed E-state index contributed by atoms with van der Waals surface area (Å²) >= 11 is 5.83. The molecular weight excluding hydrogens is 369 g/mol. The van der Waals surface area contributed by atoms with E-state index in [1.165, 1.54) is 6.07 Å². The number of hydrogen-bond donors (Lipinski definition) is 0. The van der Waals surface area contributed by atoms with Gasteiger partial charge in [-0.2, -0.15) is 18.2 Å². The van der Waals surface area contributed by atoms with Gasteiger partial charge in [0.25, 0.3) is 0 Å². The fourth-order valence-electron chi connectivity index (χ4n) is 2.62. The van der Waals surface area contributed by atoms with Crippen molar-refractivity contribution >= 4 is 22.6 Å². The summed E-state index contributed by atoms with van der Waals surface area (Å²) in [5, 5.41) is 4.38. The Balaban J connectivity index is 1.73. The van der Waals surface area contributed by atoms with Gasteiger partial charge in [-0.25, -0.2) is 4.98 Å². The lowest BCUT2D eigenvalue weighted by atomic mass is 10.2. The van der Waals surface area contributed by atoms with Gasteiger partial charge in [-0.05, 0) is 36.4 Å². The lowest BCUT2D eigenvalue weighted by Crippen LogP contribution is -2.15. The first-order chi connectivity index (χ1) is 12.4. The van der Waals surface area contributed by atoms with Gasteiger partial charge in [0.2, 0.25) is 17.5 Å². The molecule has 0 atom stereocenters. The average Bonchev–Trinajstić information content (AvgIpc) is 3.21. The van der Waals surface area contributed by atoms with Gasteiger partial charge >= 0.3 is 6.18 Å². The minimum Gasteiger partial charge on any atom is -0.337 e. The average molecular weight is 379 g/mol. The number of benzene rings is 2. The fraction of sp³-hybridized carbons (Fsp3) is 0.118. The van der Waals surface area contributed by atoms with Gasteiger partial charge in [0.1, 0.15) is 6.54 Å². The largest absolute Gasteiger partial charge is 0.449 e. The predicted octanol–water partition coefficient (Wildman–Crippen LogP) is 4.81. The number of aromatic nitrogens is 4. The van der Waals surface area contributed by atoms with Crippen LogP contribution in [-0.2, 0) is 12.7 Å². The van der Waals surface area contributed by atoms with Gasteiger partial charge in [-0.15, -0.1) is 0 Å². The van der Waals surface area contributed by atoms with Gasteiger partial charge in [0.05, 0.1) is 11.0 Å². The highest BCUT2D eigenvalue weighted by Gasteiger charge is 2.38. The van der Waals surface area contributed by atoms with Crippen LogP contribution in [0.25, 0.3) is 22.4 Å². The molecule has 4 aromatic rings. The van der Waals surface area contributed by atoms with E-state index in [0.29, 0.717) is 16.1 Å². The highest BCUT2D eigenvalue weighted by Crippen LogP contribution is 2.32. The number of nitrogens with zero attached hydrogens (tertiary/aromatic N) is 4. The van der Waals surface area contributed by atoms with Crippen LogP contribution in [0.3, 0.4) is 0 Å². The standard InChI is InChI=1S/C17H10ClF3N4O/c18-11-7-5-10(6-8-11)15-23-14(26-24-15)9-25-13-4-2-1-3-12(13)22-16(25)17(19,20)21/h1-8H,9H2. The molecule has 0 aliphatic rings. The van der Waals surface area contributed by atoms with Crippen LogP contribution in [0, 0.1) is 0 Å². The molecule has 0 amide bonds. The quantitative estimate of drug-likeness (QED) is 0.513. The van der Waals surface area contributed by atoms with E-state index < -0.39 is 12.0 Å². The monoisotopic (exact) mass is 378 g/mol. The molecule has 2 heterocycles. The number of para-hydroxylation sites is 2. The maximum atomic E-state index is 13.3. The van der Waals surface area contributed by atoms with Crippen molar-refractivity contribution in [2.24, 2.45) is 0 Å². The first-order valence-corrected chi connectivity index (χ1v) is 7.90. The second-order valence-corrected chi connectivity index (χ2v) is 5.96. The van der Waals surface area contributed by atoms with E-state index in [-0.39, 0.29) is 23.8 Å². The summed E-state index contributed by atoms with van der Waals surface area (Å²) in [4.78, 5) is 7.87. The third-order valence-corrected chi connectivity index (χ3v) is 4.02. The van der Waals surface area contributed by atoms with Gasteiger partial charge in [0.15, 0.2) is 0 Å². The van der Waals surface area contributed by atoms with E-state index >= 15 is 0 Å². The Labute approximate surface area is 150 Å². The summed E-state index contributed by atoms with van der Waals surface area (Å²) in [6.07, 6.45) is -4.60. The molecule has 2 aromatic carbocycles. The molecular formula is C17H10ClF3N4O. The number of hydrogen-bond acceptors (Lipinski definition) is 4. The summed E-state index contributed by atoms with van der Waals surface area (Å²) in [6.45, 7) is -0.240. The molecule has 0 spiro atoms. The van der Waals surface area contributed by atoms with E-state index in [1.807, 2.05) is 0 Å². The molecule has 0 radical (unpaired) electrons. The van der Waals surface area contributed by atoms with Gasteiger partial charge < -0.3 is 9.09 Å². The zero-order valence-electron chi connectivity index (χ0n) is 13.0. The van der Waals surface area contributed by atoms with Crippen molar-refractivity contribution in [3.8, 4) is 11.4 Å². The van der Waals surface area contributed by atoms with Crippen LogP contribution in [0.2, 0.25) is 5.02 Å². The van der Waals surface area contributed by atoms with Gasteiger partial charge in [-0.3, -0.25) is 0 Å². The molecule has 5 nitrogen and oxygen atoms in total. The molecule has 0 fully saturated rings. The van der Waals surface area contributed by atoms with Crippen molar-refractivity contribution in [1.29, 1.82) is 0 Å². The van der Waals surface area contributed by atoms with Gasteiger partial charge in [-0.1, -0.05) is 28.9 Å². The molecule has 0 aliphatic carbocycles. The van der Waals surface area contributed by atoms with Crippen LogP contribution < -0.4 is 0 Å². The van der Waals surface area contributed by atoms with Crippen LogP contribution in [0.1, 0.15) is 11.7 Å². The summed E-state index contributed by atoms with van der Waals surface area (Å²) in [6, 6.07) is 13.1. The van der Waals surface area contributed by atoms with E-state index in [2.05, 4.69) is 15.1 Å². The van der Waals surface area contributed by atoms with Crippen LogP contribution in [-0.4, -0.2) is 19.7 Å². The Morgan fingerprint density at radius 1 is 1.00 bits per heavy atom. The van der Waals surface area contributed by atoms with Crippen LogP contribution in [0.15, 0.2) is 53.1 Å². The molecule has 132 valence electrons. The summed E-state index contributed by atoms with van der Waals surface area (Å²) in [7, 11) is 0. The maximum Gasteiger partial charge on any atom is 0.449 e. The van der Waals surface area contributed by atoms with Gasteiger partial charge in [0, 0.05) is 10.6 Å².